The van der Waals surface area contributed by atoms with E-state index in [1.807, 2.05) is 6.07 Å². The number of rotatable bonds is 5. The van der Waals surface area contributed by atoms with Gasteiger partial charge in [0.2, 0.25) is 0 Å². The number of halogens is 1. The van der Waals surface area contributed by atoms with Crippen molar-refractivity contribution in [2.45, 2.75) is 0 Å². The van der Waals surface area contributed by atoms with Gasteiger partial charge >= 0.3 is 0 Å². The maximum absolute atomic E-state index is 12.4. The van der Waals surface area contributed by atoms with E-state index in [9.17, 15) is 14.7 Å². The largest absolute Gasteiger partial charge is 0.508 e. The third kappa shape index (κ3) is 4.10. The molecular weight excluding hydrogens is 354 g/mol. The molecule has 0 saturated carbocycles. The fourth-order valence-electron chi connectivity index (χ4n) is 2.49. The van der Waals surface area contributed by atoms with Crippen molar-refractivity contribution in [2.24, 2.45) is 0 Å². The van der Waals surface area contributed by atoms with E-state index in [2.05, 4.69) is 15.6 Å². The highest BCUT2D eigenvalue weighted by Gasteiger charge is 2.12. The van der Waals surface area contributed by atoms with Gasteiger partial charge in [0.25, 0.3) is 11.8 Å². The van der Waals surface area contributed by atoms with Crippen molar-refractivity contribution in [3.05, 3.63) is 70.9 Å². The summed E-state index contributed by atoms with van der Waals surface area (Å²) < 4.78 is 0. The maximum Gasteiger partial charge on any atom is 0.253 e. The average molecular weight is 370 g/mol. The van der Waals surface area contributed by atoms with Gasteiger partial charge < -0.3 is 15.7 Å². The summed E-state index contributed by atoms with van der Waals surface area (Å²) in [6.07, 6.45) is 1.62. The quantitative estimate of drug-likeness (QED) is 0.603. The van der Waals surface area contributed by atoms with Crippen molar-refractivity contribution >= 4 is 34.3 Å². The number of hydrogen-bond acceptors (Lipinski definition) is 4. The highest BCUT2D eigenvalue weighted by molar-refractivity contribution is 6.32. The van der Waals surface area contributed by atoms with E-state index < -0.39 is 0 Å². The number of nitrogens with one attached hydrogen (secondary N) is 2. The van der Waals surface area contributed by atoms with Gasteiger partial charge in [0.05, 0.1) is 11.1 Å². The number of fused-ring (bicyclic) bond motifs is 1. The zero-order valence-corrected chi connectivity index (χ0v) is 14.5. The van der Waals surface area contributed by atoms with E-state index in [0.717, 1.165) is 5.39 Å². The molecule has 0 radical (unpaired) electrons. The predicted molar refractivity (Wildman–Crippen MR) is 99.5 cm³/mol. The first-order valence-corrected chi connectivity index (χ1v) is 8.32. The molecule has 2 amide bonds. The van der Waals surface area contributed by atoms with Crippen LogP contribution in [-0.2, 0) is 0 Å². The molecule has 0 saturated heterocycles. The highest BCUT2D eigenvalue weighted by atomic mass is 35.5. The molecule has 3 aromatic rings. The van der Waals surface area contributed by atoms with Gasteiger partial charge in [0.15, 0.2) is 0 Å². The van der Waals surface area contributed by atoms with Crippen LogP contribution in [0.15, 0.2) is 54.7 Å². The van der Waals surface area contributed by atoms with E-state index in [0.29, 0.717) is 21.7 Å². The molecule has 0 atom stereocenters. The molecule has 6 nitrogen and oxygen atoms in total. The Kier molecular flexibility index (Phi) is 5.34. The number of carbonyl (C=O) groups is 2. The van der Waals surface area contributed by atoms with Crippen molar-refractivity contribution in [1.29, 1.82) is 0 Å². The second-order valence-corrected chi connectivity index (χ2v) is 6.02. The van der Waals surface area contributed by atoms with Crippen LogP contribution < -0.4 is 10.6 Å². The summed E-state index contributed by atoms with van der Waals surface area (Å²) in [6, 6.07) is 12.9. The molecule has 0 aliphatic rings. The van der Waals surface area contributed by atoms with Gasteiger partial charge in [0.1, 0.15) is 5.75 Å². The molecule has 2 aromatic carbocycles. The molecule has 0 bridgehead atoms. The summed E-state index contributed by atoms with van der Waals surface area (Å²) in [5, 5.41) is 15.9. The Morgan fingerprint density at radius 1 is 1.00 bits per heavy atom. The number of benzene rings is 2. The second kappa shape index (κ2) is 7.84. The monoisotopic (exact) mass is 369 g/mol. The number of carbonyl (C=O) groups excluding carboxylic acids is 2. The lowest BCUT2D eigenvalue weighted by atomic mass is 10.1. The fraction of sp³-hybridized carbons (Fsp3) is 0.105. The normalized spacial score (nSPS) is 10.5. The summed E-state index contributed by atoms with van der Waals surface area (Å²) in [4.78, 5) is 28.6. The summed E-state index contributed by atoms with van der Waals surface area (Å²) in [6.45, 7) is 0.515. The molecule has 26 heavy (non-hydrogen) atoms. The molecular formula is C19H16ClN3O3. The van der Waals surface area contributed by atoms with Crippen LogP contribution in [-0.4, -0.2) is 35.0 Å². The number of phenolic OH excluding ortho intramolecular Hbond substituents is 1. The van der Waals surface area contributed by atoms with Gasteiger partial charge in [-0.1, -0.05) is 17.7 Å². The van der Waals surface area contributed by atoms with Crippen LogP contribution in [0, 0.1) is 0 Å². The van der Waals surface area contributed by atoms with Crippen LogP contribution in [0.1, 0.15) is 20.7 Å². The van der Waals surface area contributed by atoms with Crippen molar-refractivity contribution < 1.29 is 14.7 Å². The molecule has 1 heterocycles. The lowest BCUT2D eigenvalue weighted by Gasteiger charge is -2.09. The van der Waals surface area contributed by atoms with Gasteiger partial charge in [-0.05, 0) is 42.5 Å². The first-order chi connectivity index (χ1) is 12.5. The molecule has 7 heteroatoms. The van der Waals surface area contributed by atoms with E-state index in [-0.39, 0.29) is 30.7 Å². The summed E-state index contributed by atoms with van der Waals surface area (Å²) in [7, 11) is 0. The van der Waals surface area contributed by atoms with Gasteiger partial charge in [-0.25, -0.2) is 0 Å². The topological polar surface area (TPSA) is 91.3 Å². The molecule has 0 aliphatic heterocycles. The Hall–Kier alpha value is -3.12. The third-order valence-electron chi connectivity index (χ3n) is 3.74. The summed E-state index contributed by atoms with van der Waals surface area (Å²) >= 11 is 6.07. The molecule has 0 aliphatic carbocycles. The van der Waals surface area contributed by atoms with Gasteiger partial charge in [-0.15, -0.1) is 0 Å². The summed E-state index contributed by atoms with van der Waals surface area (Å²) in [5.41, 5.74) is 1.39. The number of hydrogen-bond donors (Lipinski definition) is 3. The fourth-order valence-corrected chi connectivity index (χ4v) is 2.72. The van der Waals surface area contributed by atoms with Crippen molar-refractivity contribution in [2.75, 3.05) is 13.1 Å². The Labute approximate surface area is 154 Å². The van der Waals surface area contributed by atoms with Gasteiger partial charge in [-0.3, -0.25) is 14.6 Å². The molecule has 1 aromatic heterocycles. The number of phenols is 1. The van der Waals surface area contributed by atoms with Crippen molar-refractivity contribution in [3.8, 4) is 5.75 Å². The molecule has 0 fully saturated rings. The third-order valence-corrected chi connectivity index (χ3v) is 3.96. The average Bonchev–Trinajstić information content (AvgIpc) is 2.64. The number of aromatic nitrogens is 1. The molecule has 3 N–H and O–H groups in total. The van der Waals surface area contributed by atoms with E-state index >= 15 is 0 Å². The molecule has 132 valence electrons. The summed E-state index contributed by atoms with van der Waals surface area (Å²) in [5.74, 6) is -0.500. The number of amides is 2. The lowest BCUT2D eigenvalue weighted by molar-refractivity contribution is 0.0928. The van der Waals surface area contributed by atoms with Crippen molar-refractivity contribution in [1.82, 2.24) is 15.6 Å². The van der Waals surface area contributed by atoms with Gasteiger partial charge in [-0.2, -0.15) is 0 Å². The Morgan fingerprint density at radius 3 is 2.42 bits per heavy atom. The molecule has 3 rings (SSSR count). The molecule has 0 spiro atoms. The van der Waals surface area contributed by atoms with Crippen molar-refractivity contribution in [3.63, 3.8) is 0 Å². The number of aromatic hydroxyl groups is 1. The zero-order valence-electron chi connectivity index (χ0n) is 13.7. The SMILES string of the molecule is O=C(NCCNC(=O)c1cc(Cl)cc2cccnc12)c1ccc(O)cc1. The van der Waals surface area contributed by atoms with Gasteiger partial charge in [0, 0.05) is 35.3 Å². The number of nitrogens with zero attached hydrogens (tertiary/aromatic N) is 1. The van der Waals surface area contributed by atoms with E-state index in [1.165, 1.54) is 24.3 Å². The Bertz CT molecular complexity index is 958. The van der Waals surface area contributed by atoms with E-state index in [4.69, 9.17) is 11.6 Å². The van der Waals surface area contributed by atoms with E-state index in [1.54, 1.807) is 24.4 Å². The Morgan fingerprint density at radius 2 is 1.69 bits per heavy atom. The molecule has 0 unspecified atom stereocenters. The van der Waals surface area contributed by atoms with Crippen LogP contribution >= 0.6 is 11.6 Å². The minimum atomic E-state index is -0.310. The zero-order chi connectivity index (χ0) is 18.5. The first-order valence-electron chi connectivity index (χ1n) is 7.94. The van der Waals surface area contributed by atoms with Crippen LogP contribution in [0.5, 0.6) is 5.75 Å². The minimum absolute atomic E-state index is 0.0937. The minimum Gasteiger partial charge on any atom is -0.508 e. The smallest absolute Gasteiger partial charge is 0.253 e. The maximum atomic E-state index is 12.4. The lowest BCUT2D eigenvalue weighted by Crippen LogP contribution is -2.34. The first kappa shape index (κ1) is 17.7. The standard InChI is InChI=1S/C19H16ClN3O3/c20-14-10-13-2-1-7-21-17(13)16(11-14)19(26)23-9-8-22-18(25)12-3-5-15(24)6-4-12/h1-7,10-11,24H,8-9H2,(H,22,25)(H,23,26). The Balaban J connectivity index is 1.58. The second-order valence-electron chi connectivity index (χ2n) is 5.59. The highest BCUT2D eigenvalue weighted by Crippen LogP contribution is 2.22. The van der Waals surface area contributed by atoms with Crippen LogP contribution in [0.3, 0.4) is 0 Å². The van der Waals surface area contributed by atoms with Crippen LogP contribution in [0.25, 0.3) is 10.9 Å². The predicted octanol–water partition coefficient (Wildman–Crippen LogP) is 2.75. The number of pyridine rings is 1. The van der Waals surface area contributed by atoms with Crippen LogP contribution in [0.4, 0.5) is 0 Å². The van der Waals surface area contributed by atoms with Crippen LogP contribution in [0.2, 0.25) is 5.02 Å².